The van der Waals surface area contributed by atoms with Crippen molar-refractivity contribution in [3.8, 4) is 0 Å². The Balaban J connectivity index is 2.02. The van der Waals surface area contributed by atoms with Gasteiger partial charge in [-0.3, -0.25) is 0 Å². The first-order valence-corrected chi connectivity index (χ1v) is 5.62. The molecule has 0 aromatic carbocycles. The van der Waals surface area contributed by atoms with Gasteiger partial charge in [-0.1, -0.05) is 6.08 Å². The van der Waals surface area contributed by atoms with Gasteiger partial charge in [0.05, 0.1) is 0 Å². The number of allylic oxidation sites excluding steroid dienone is 3. The number of hydrogen-bond acceptors (Lipinski definition) is 2. The molecule has 2 nitrogen and oxygen atoms in total. The van der Waals surface area contributed by atoms with Gasteiger partial charge in [-0.25, -0.2) is 4.39 Å². The van der Waals surface area contributed by atoms with Crippen molar-refractivity contribution in [1.82, 2.24) is 4.90 Å². The van der Waals surface area contributed by atoms with Crippen molar-refractivity contribution in [2.24, 2.45) is 11.7 Å². The van der Waals surface area contributed by atoms with Crippen LogP contribution in [0.5, 0.6) is 0 Å². The molecule has 2 rings (SSSR count). The Morgan fingerprint density at radius 1 is 1.47 bits per heavy atom. The lowest BCUT2D eigenvalue weighted by atomic mass is 9.78. The van der Waals surface area contributed by atoms with Crippen LogP contribution in [0.25, 0.3) is 0 Å². The van der Waals surface area contributed by atoms with Crippen molar-refractivity contribution in [2.75, 3.05) is 20.1 Å². The van der Waals surface area contributed by atoms with E-state index in [1.165, 1.54) is 0 Å². The third kappa shape index (κ3) is 2.23. The maximum absolute atomic E-state index is 14.6. The molecule has 2 N–H and O–H groups in total. The van der Waals surface area contributed by atoms with E-state index < -0.39 is 5.67 Å². The van der Waals surface area contributed by atoms with Crippen LogP contribution in [0.15, 0.2) is 23.9 Å². The Morgan fingerprint density at radius 2 is 2.13 bits per heavy atom. The molecule has 1 unspecified atom stereocenters. The Hall–Kier alpha value is -0.830. The highest BCUT2D eigenvalue weighted by atomic mass is 19.1. The molecule has 1 heterocycles. The van der Waals surface area contributed by atoms with Crippen LogP contribution < -0.4 is 5.73 Å². The molecule has 1 aliphatic carbocycles. The van der Waals surface area contributed by atoms with Gasteiger partial charge in [0.2, 0.25) is 0 Å². The second-order valence-corrected chi connectivity index (χ2v) is 4.75. The molecule has 15 heavy (non-hydrogen) atoms. The van der Waals surface area contributed by atoms with Crippen molar-refractivity contribution in [3.05, 3.63) is 23.9 Å². The lowest BCUT2D eigenvalue weighted by Gasteiger charge is -2.37. The van der Waals surface area contributed by atoms with Crippen LogP contribution in [0, 0.1) is 5.92 Å². The van der Waals surface area contributed by atoms with E-state index in [9.17, 15) is 4.39 Å². The van der Waals surface area contributed by atoms with Crippen molar-refractivity contribution < 1.29 is 4.39 Å². The van der Waals surface area contributed by atoms with Crippen LogP contribution in [-0.4, -0.2) is 30.7 Å². The first-order chi connectivity index (χ1) is 7.10. The quantitative estimate of drug-likeness (QED) is 0.715. The number of alkyl halides is 1. The van der Waals surface area contributed by atoms with Crippen molar-refractivity contribution in [3.63, 3.8) is 0 Å². The molecule has 0 aromatic rings. The van der Waals surface area contributed by atoms with Gasteiger partial charge in [-0.2, -0.15) is 0 Å². The Labute approximate surface area is 90.6 Å². The molecule has 1 saturated heterocycles. The fourth-order valence-corrected chi connectivity index (χ4v) is 2.44. The molecule has 0 amide bonds. The monoisotopic (exact) mass is 210 g/mol. The zero-order chi connectivity index (χ0) is 10.9. The van der Waals surface area contributed by atoms with Gasteiger partial charge in [-0.15, -0.1) is 0 Å². The summed E-state index contributed by atoms with van der Waals surface area (Å²) < 4.78 is 14.6. The van der Waals surface area contributed by atoms with E-state index in [4.69, 9.17) is 5.73 Å². The molecule has 0 bridgehead atoms. The van der Waals surface area contributed by atoms with E-state index in [0.717, 1.165) is 25.9 Å². The van der Waals surface area contributed by atoms with E-state index in [-0.39, 0.29) is 5.92 Å². The summed E-state index contributed by atoms with van der Waals surface area (Å²) in [5.74, 6) is 0.161. The molecule has 0 spiro atoms. The number of piperidine rings is 1. The van der Waals surface area contributed by atoms with E-state index in [1.807, 2.05) is 0 Å². The summed E-state index contributed by atoms with van der Waals surface area (Å²) in [6.07, 6.45) is 7.53. The van der Waals surface area contributed by atoms with Crippen LogP contribution in [-0.2, 0) is 0 Å². The van der Waals surface area contributed by atoms with Crippen LogP contribution in [0.3, 0.4) is 0 Å². The number of nitrogens with two attached hydrogens (primary N) is 1. The van der Waals surface area contributed by atoms with Crippen molar-refractivity contribution in [1.29, 1.82) is 0 Å². The molecule has 2 aliphatic rings. The summed E-state index contributed by atoms with van der Waals surface area (Å²) in [4.78, 5) is 2.26. The molecule has 3 heteroatoms. The zero-order valence-electron chi connectivity index (χ0n) is 9.25. The van der Waals surface area contributed by atoms with Gasteiger partial charge >= 0.3 is 0 Å². The van der Waals surface area contributed by atoms with Crippen LogP contribution in [0.1, 0.15) is 19.3 Å². The van der Waals surface area contributed by atoms with Crippen molar-refractivity contribution in [2.45, 2.75) is 24.9 Å². The molecular formula is C12H19FN2. The van der Waals surface area contributed by atoms with Gasteiger partial charge in [0.1, 0.15) is 5.67 Å². The first-order valence-electron chi connectivity index (χ1n) is 5.62. The Bertz CT molecular complexity index is 290. The Kier molecular flexibility index (Phi) is 2.83. The second kappa shape index (κ2) is 3.97. The summed E-state index contributed by atoms with van der Waals surface area (Å²) in [6.45, 7) is 2.01. The largest absolute Gasteiger partial charge is 0.399 e. The molecule has 1 fully saturated rings. The van der Waals surface area contributed by atoms with E-state index in [0.29, 0.717) is 12.1 Å². The van der Waals surface area contributed by atoms with Crippen molar-refractivity contribution >= 4 is 0 Å². The normalized spacial score (nSPS) is 34.1. The van der Waals surface area contributed by atoms with Gasteiger partial charge in [0.15, 0.2) is 0 Å². The highest BCUT2D eigenvalue weighted by molar-refractivity contribution is 5.26. The van der Waals surface area contributed by atoms with E-state index >= 15 is 0 Å². The standard InChI is InChI=1S/C12H19FN2/c1-15-8-4-10(5-9-15)12(13)6-2-11(14)3-7-12/h2-3,6,10H,4-5,7-9,14H2,1H3. The smallest absolute Gasteiger partial charge is 0.135 e. The number of likely N-dealkylation sites (tertiary alicyclic amines) is 1. The fourth-order valence-electron chi connectivity index (χ4n) is 2.44. The third-order valence-corrected chi connectivity index (χ3v) is 3.60. The molecule has 1 aliphatic heterocycles. The van der Waals surface area contributed by atoms with E-state index in [2.05, 4.69) is 11.9 Å². The lowest BCUT2D eigenvalue weighted by Crippen LogP contribution is -2.40. The molecule has 1 atom stereocenters. The highest BCUT2D eigenvalue weighted by Crippen LogP contribution is 2.37. The first kappa shape index (κ1) is 10.7. The minimum Gasteiger partial charge on any atom is -0.399 e. The summed E-state index contributed by atoms with van der Waals surface area (Å²) in [6, 6.07) is 0. The maximum atomic E-state index is 14.6. The predicted molar refractivity (Wildman–Crippen MR) is 60.1 cm³/mol. The molecule has 84 valence electrons. The summed E-state index contributed by atoms with van der Waals surface area (Å²) in [5.41, 5.74) is 5.15. The number of nitrogens with zero attached hydrogens (tertiary/aromatic N) is 1. The lowest BCUT2D eigenvalue weighted by molar-refractivity contribution is 0.0800. The molecular weight excluding hydrogens is 191 g/mol. The second-order valence-electron chi connectivity index (χ2n) is 4.75. The van der Waals surface area contributed by atoms with Crippen LogP contribution >= 0.6 is 0 Å². The molecule has 0 aromatic heterocycles. The predicted octanol–water partition coefficient (Wildman–Crippen LogP) is 1.84. The molecule has 0 radical (unpaired) electrons. The van der Waals surface area contributed by atoms with Gasteiger partial charge in [0, 0.05) is 12.1 Å². The minimum atomic E-state index is -1.15. The third-order valence-electron chi connectivity index (χ3n) is 3.60. The average molecular weight is 210 g/mol. The number of hydrogen-bond donors (Lipinski definition) is 1. The average Bonchev–Trinajstić information content (AvgIpc) is 2.24. The van der Waals surface area contributed by atoms with Crippen LogP contribution in [0.4, 0.5) is 4.39 Å². The van der Waals surface area contributed by atoms with Gasteiger partial charge in [-0.05, 0) is 51.0 Å². The van der Waals surface area contributed by atoms with Gasteiger partial charge < -0.3 is 10.6 Å². The summed E-state index contributed by atoms with van der Waals surface area (Å²) in [7, 11) is 2.09. The zero-order valence-corrected chi connectivity index (χ0v) is 9.25. The minimum absolute atomic E-state index is 0.161. The Morgan fingerprint density at radius 3 is 2.67 bits per heavy atom. The summed E-state index contributed by atoms with van der Waals surface area (Å²) in [5, 5.41) is 0. The fraction of sp³-hybridized carbons (Fsp3) is 0.667. The maximum Gasteiger partial charge on any atom is 0.135 e. The highest BCUT2D eigenvalue weighted by Gasteiger charge is 2.38. The van der Waals surface area contributed by atoms with Gasteiger partial charge in [0.25, 0.3) is 0 Å². The molecule has 0 saturated carbocycles. The van der Waals surface area contributed by atoms with E-state index in [1.54, 1.807) is 18.2 Å². The van der Waals surface area contributed by atoms with Crippen LogP contribution in [0.2, 0.25) is 0 Å². The number of halogens is 1. The SMILES string of the molecule is CN1CCC(C2(F)C=CC(N)=CC2)CC1. The number of rotatable bonds is 1. The summed E-state index contributed by atoms with van der Waals surface area (Å²) >= 11 is 0. The topological polar surface area (TPSA) is 29.3 Å².